The molecule has 11 heteroatoms. The minimum absolute atomic E-state index is 0.259. The van der Waals surface area contributed by atoms with Gasteiger partial charge in [0.05, 0.1) is 27.3 Å². The summed E-state index contributed by atoms with van der Waals surface area (Å²) < 4.78 is 48.5. The Morgan fingerprint density at radius 2 is 1.89 bits per heavy atom. The summed E-state index contributed by atoms with van der Waals surface area (Å²) in [4.78, 5) is 22.2. The molecule has 152 valence electrons. The Labute approximate surface area is 163 Å². The number of carbonyl (C=O) groups excluding carboxylic acids is 1. The zero-order chi connectivity index (χ0) is 21.2. The molecule has 0 amide bonds. The first kappa shape index (κ1) is 23.4. The fourth-order valence-electron chi connectivity index (χ4n) is 2.06. The lowest BCUT2D eigenvalue weighted by Crippen LogP contribution is -2.60. The van der Waals surface area contributed by atoms with E-state index < -0.39 is 49.3 Å². The van der Waals surface area contributed by atoms with E-state index in [1.54, 1.807) is 0 Å². The quantitative estimate of drug-likeness (QED) is 0.407. The second-order valence-electron chi connectivity index (χ2n) is 6.82. The molecule has 0 saturated carbocycles. The zero-order valence-corrected chi connectivity index (χ0v) is 17.0. The van der Waals surface area contributed by atoms with Gasteiger partial charge < -0.3 is 4.74 Å². The lowest BCUT2D eigenvalue weighted by Gasteiger charge is -2.38. The minimum Gasteiger partial charge on any atom is -0.461 e. The standard InChI is InChI=1S/C16H21ClF2N2O5S/c1-6-26-13(22)16(18,19)15(5,20-27(25)14(2,3)4)11-9-10(21(23)24)7-8-12(11)17/h7-9,20H,6H2,1-5H3/t15-,27?/m1/s1. The van der Waals surface area contributed by atoms with Crippen molar-refractivity contribution in [3.05, 3.63) is 38.9 Å². The molecule has 1 aromatic carbocycles. The number of alkyl halides is 2. The number of esters is 1. The van der Waals surface area contributed by atoms with Crippen LogP contribution in [0.3, 0.4) is 0 Å². The summed E-state index contributed by atoms with van der Waals surface area (Å²) in [6, 6.07) is 2.92. The predicted octanol–water partition coefficient (Wildman–Crippen LogP) is 3.71. The Hall–Kier alpha value is -1.65. The highest BCUT2D eigenvalue weighted by Gasteiger charge is 2.60. The summed E-state index contributed by atoms with van der Waals surface area (Å²) in [5.41, 5.74) is -3.60. The number of hydrogen-bond acceptors (Lipinski definition) is 5. The maximum Gasteiger partial charge on any atom is 0.379 e. The summed E-state index contributed by atoms with van der Waals surface area (Å²) in [6.45, 7) is 6.55. The summed E-state index contributed by atoms with van der Waals surface area (Å²) in [5.74, 6) is -6.10. The molecule has 0 saturated heterocycles. The number of ether oxygens (including phenoxy) is 1. The van der Waals surface area contributed by atoms with Crippen molar-refractivity contribution in [3.63, 3.8) is 0 Å². The van der Waals surface area contributed by atoms with E-state index in [9.17, 15) is 19.1 Å². The minimum atomic E-state index is -4.23. The number of carbonyl (C=O) groups is 1. The summed E-state index contributed by atoms with van der Waals surface area (Å²) in [5, 5.41) is 10.8. The highest BCUT2D eigenvalue weighted by molar-refractivity contribution is 7.84. The molecule has 0 fully saturated rings. The van der Waals surface area contributed by atoms with Crippen LogP contribution in [0.4, 0.5) is 14.5 Å². The van der Waals surface area contributed by atoms with Crippen molar-refractivity contribution in [1.82, 2.24) is 4.72 Å². The maximum absolute atomic E-state index is 15.1. The number of halogens is 3. The average Bonchev–Trinajstić information content (AvgIpc) is 2.53. The Morgan fingerprint density at radius 1 is 1.33 bits per heavy atom. The second-order valence-corrected chi connectivity index (χ2v) is 9.20. The van der Waals surface area contributed by atoms with Gasteiger partial charge in [0.2, 0.25) is 0 Å². The Morgan fingerprint density at radius 3 is 2.33 bits per heavy atom. The first-order chi connectivity index (χ1) is 12.2. The molecule has 1 N–H and O–H groups in total. The third kappa shape index (κ3) is 4.80. The molecule has 0 heterocycles. The molecule has 1 aromatic rings. The zero-order valence-electron chi connectivity index (χ0n) is 15.5. The van der Waals surface area contributed by atoms with Crippen LogP contribution in [0, 0.1) is 10.1 Å². The monoisotopic (exact) mass is 426 g/mol. The van der Waals surface area contributed by atoms with Crippen LogP contribution in [-0.4, -0.2) is 32.4 Å². The van der Waals surface area contributed by atoms with Crippen molar-refractivity contribution < 1.29 is 27.4 Å². The van der Waals surface area contributed by atoms with Gasteiger partial charge in [-0.05, 0) is 40.7 Å². The van der Waals surface area contributed by atoms with Crippen molar-refractivity contribution in [2.45, 2.75) is 50.8 Å². The van der Waals surface area contributed by atoms with E-state index in [1.807, 2.05) is 0 Å². The van der Waals surface area contributed by atoms with Crippen LogP contribution in [-0.2, 0) is 26.1 Å². The van der Waals surface area contributed by atoms with Crippen molar-refractivity contribution >= 4 is 34.2 Å². The Kier molecular flexibility index (Phi) is 7.06. The molecule has 0 radical (unpaired) electrons. The van der Waals surface area contributed by atoms with Gasteiger partial charge in [0.1, 0.15) is 5.54 Å². The van der Waals surface area contributed by atoms with Crippen LogP contribution in [0.15, 0.2) is 18.2 Å². The molecule has 0 spiro atoms. The van der Waals surface area contributed by atoms with E-state index in [2.05, 4.69) is 9.46 Å². The fourth-order valence-corrected chi connectivity index (χ4v) is 3.28. The third-order valence-corrected chi connectivity index (χ3v) is 5.75. The molecular formula is C16H21ClF2N2O5S. The van der Waals surface area contributed by atoms with Crippen LogP contribution in [0.25, 0.3) is 0 Å². The summed E-state index contributed by atoms with van der Waals surface area (Å²) in [7, 11) is -2.07. The van der Waals surface area contributed by atoms with E-state index in [0.717, 1.165) is 25.1 Å². The molecule has 0 bridgehead atoms. The number of nitro groups is 1. The number of nitrogens with zero attached hydrogens (tertiary/aromatic N) is 1. The molecule has 0 aromatic heterocycles. The van der Waals surface area contributed by atoms with E-state index >= 15 is 8.78 Å². The third-order valence-electron chi connectivity index (χ3n) is 3.71. The first-order valence-corrected chi connectivity index (χ1v) is 9.40. The largest absolute Gasteiger partial charge is 0.461 e. The molecule has 1 unspecified atom stereocenters. The lowest BCUT2D eigenvalue weighted by molar-refractivity contribution is -0.385. The predicted molar refractivity (Wildman–Crippen MR) is 98.1 cm³/mol. The molecule has 1 rings (SSSR count). The maximum atomic E-state index is 15.1. The van der Waals surface area contributed by atoms with E-state index in [0.29, 0.717) is 0 Å². The number of nitro benzene ring substituents is 1. The fraction of sp³-hybridized carbons (Fsp3) is 0.562. The van der Waals surface area contributed by atoms with Crippen LogP contribution < -0.4 is 4.72 Å². The van der Waals surface area contributed by atoms with Crippen LogP contribution in [0.2, 0.25) is 5.02 Å². The second kappa shape index (κ2) is 8.15. The van der Waals surface area contributed by atoms with Crippen molar-refractivity contribution in [2.75, 3.05) is 6.61 Å². The van der Waals surface area contributed by atoms with Crippen LogP contribution in [0.1, 0.15) is 40.2 Å². The van der Waals surface area contributed by atoms with E-state index in [1.165, 1.54) is 27.7 Å². The highest BCUT2D eigenvalue weighted by Crippen LogP contribution is 2.43. The van der Waals surface area contributed by atoms with Gasteiger partial charge in [-0.25, -0.2) is 13.7 Å². The first-order valence-electron chi connectivity index (χ1n) is 7.87. The highest BCUT2D eigenvalue weighted by atomic mass is 35.5. The average molecular weight is 427 g/mol. The van der Waals surface area contributed by atoms with Gasteiger partial charge in [0.15, 0.2) is 0 Å². The van der Waals surface area contributed by atoms with Gasteiger partial charge in [-0.2, -0.15) is 8.78 Å². The lowest BCUT2D eigenvalue weighted by atomic mass is 9.86. The van der Waals surface area contributed by atoms with Gasteiger partial charge in [0.25, 0.3) is 5.69 Å². The Balaban J connectivity index is 3.70. The summed E-state index contributed by atoms with van der Waals surface area (Å²) in [6.07, 6.45) is 0. The van der Waals surface area contributed by atoms with Gasteiger partial charge in [-0.1, -0.05) is 11.6 Å². The van der Waals surface area contributed by atoms with Crippen molar-refractivity contribution in [3.8, 4) is 0 Å². The number of nitrogens with one attached hydrogen (secondary N) is 1. The number of hydrogen-bond donors (Lipinski definition) is 1. The van der Waals surface area contributed by atoms with Gasteiger partial charge in [-0.3, -0.25) is 10.1 Å². The van der Waals surface area contributed by atoms with Gasteiger partial charge in [0, 0.05) is 22.7 Å². The molecule has 2 atom stereocenters. The molecule has 27 heavy (non-hydrogen) atoms. The van der Waals surface area contributed by atoms with E-state index in [4.69, 9.17) is 11.6 Å². The Bertz CT molecular complexity index is 770. The van der Waals surface area contributed by atoms with Crippen molar-refractivity contribution in [1.29, 1.82) is 0 Å². The molecule has 0 aliphatic carbocycles. The molecular weight excluding hydrogens is 406 g/mol. The number of rotatable bonds is 7. The van der Waals surface area contributed by atoms with Gasteiger partial charge in [-0.15, -0.1) is 0 Å². The topological polar surface area (TPSA) is 98.5 Å². The molecule has 7 nitrogen and oxygen atoms in total. The van der Waals surface area contributed by atoms with Gasteiger partial charge >= 0.3 is 11.9 Å². The normalized spacial score (nSPS) is 15.7. The van der Waals surface area contributed by atoms with E-state index in [-0.39, 0.29) is 11.6 Å². The van der Waals surface area contributed by atoms with Crippen LogP contribution >= 0.6 is 11.6 Å². The molecule has 0 aliphatic rings. The molecule has 0 aliphatic heterocycles. The summed E-state index contributed by atoms with van der Waals surface area (Å²) >= 11 is 6.02. The van der Waals surface area contributed by atoms with Crippen molar-refractivity contribution in [2.24, 2.45) is 0 Å². The number of benzene rings is 1. The van der Waals surface area contributed by atoms with Crippen LogP contribution in [0.5, 0.6) is 0 Å². The smallest absolute Gasteiger partial charge is 0.379 e. The number of non-ortho nitro benzene ring substituents is 1. The SMILES string of the molecule is CCOC(=O)C(F)(F)[C@](C)(NS(=O)C(C)(C)C)c1cc([N+](=O)[O-])ccc1Cl.